The zero-order chi connectivity index (χ0) is 14.6. The van der Waals surface area contributed by atoms with Crippen molar-refractivity contribution in [3.63, 3.8) is 0 Å². The Morgan fingerprint density at radius 2 is 1.90 bits per heavy atom. The highest BCUT2D eigenvalue weighted by Crippen LogP contribution is 2.29. The Kier molecular flexibility index (Phi) is 5.06. The van der Waals surface area contributed by atoms with Crippen LogP contribution in [-0.2, 0) is 4.74 Å². The lowest BCUT2D eigenvalue weighted by Gasteiger charge is -2.34. The molecule has 1 N–H and O–H groups in total. The van der Waals surface area contributed by atoms with E-state index in [4.69, 9.17) is 9.47 Å². The molecule has 0 saturated carbocycles. The second-order valence-corrected chi connectivity index (χ2v) is 6.67. The topological polar surface area (TPSA) is 30.5 Å². The molecule has 3 heteroatoms. The fourth-order valence-corrected chi connectivity index (χ4v) is 2.65. The molecule has 0 amide bonds. The molecule has 0 aromatic heterocycles. The van der Waals surface area contributed by atoms with E-state index in [2.05, 4.69) is 38.2 Å². The molecule has 2 atom stereocenters. The van der Waals surface area contributed by atoms with Crippen LogP contribution >= 0.6 is 0 Å². The van der Waals surface area contributed by atoms with E-state index in [1.165, 1.54) is 5.56 Å². The van der Waals surface area contributed by atoms with Crippen molar-refractivity contribution in [2.45, 2.75) is 46.3 Å². The molecule has 2 unspecified atom stereocenters. The van der Waals surface area contributed by atoms with Gasteiger partial charge >= 0.3 is 0 Å². The zero-order valence-electron chi connectivity index (χ0n) is 13.1. The number of rotatable bonds is 4. The number of hydrogen-bond acceptors (Lipinski definition) is 3. The van der Waals surface area contributed by atoms with E-state index in [0.717, 1.165) is 25.3 Å². The van der Waals surface area contributed by atoms with Gasteiger partial charge in [-0.15, -0.1) is 0 Å². The highest BCUT2D eigenvalue weighted by Gasteiger charge is 2.26. The first-order valence-electron chi connectivity index (χ1n) is 7.57. The van der Waals surface area contributed by atoms with Gasteiger partial charge in [-0.25, -0.2) is 0 Å². The fraction of sp³-hybridized carbons (Fsp3) is 0.647. The molecule has 112 valence electrons. The number of ether oxygens (including phenoxy) is 2. The summed E-state index contributed by atoms with van der Waals surface area (Å²) in [6.45, 7) is 11.3. The molecule has 1 fully saturated rings. The summed E-state index contributed by atoms with van der Waals surface area (Å²) in [4.78, 5) is 0. The molecule has 1 aromatic carbocycles. The third-order valence-corrected chi connectivity index (χ3v) is 3.46. The molecule has 1 aliphatic heterocycles. The number of nitrogens with one attached hydrogen (secondary N) is 1. The number of hydrogen-bond donors (Lipinski definition) is 1. The van der Waals surface area contributed by atoms with Gasteiger partial charge in [0.25, 0.3) is 0 Å². The van der Waals surface area contributed by atoms with Crippen molar-refractivity contribution in [3.05, 3.63) is 29.8 Å². The van der Waals surface area contributed by atoms with E-state index < -0.39 is 0 Å². The third-order valence-electron chi connectivity index (χ3n) is 3.46. The van der Waals surface area contributed by atoms with Gasteiger partial charge in [0.05, 0.1) is 18.8 Å². The predicted octanol–water partition coefficient (Wildman–Crippen LogP) is 3.55. The van der Waals surface area contributed by atoms with E-state index in [9.17, 15) is 0 Å². The Labute approximate surface area is 122 Å². The van der Waals surface area contributed by atoms with Crippen molar-refractivity contribution in [1.82, 2.24) is 5.32 Å². The highest BCUT2D eigenvalue weighted by atomic mass is 16.5. The lowest BCUT2D eigenvalue weighted by Crippen LogP contribution is -2.42. The molecule has 2 rings (SSSR count). The van der Waals surface area contributed by atoms with Crippen molar-refractivity contribution < 1.29 is 9.47 Å². The lowest BCUT2D eigenvalue weighted by molar-refractivity contribution is -0.0552. The molecule has 1 aromatic rings. The third kappa shape index (κ3) is 4.50. The minimum Gasteiger partial charge on any atom is -0.494 e. The number of morpholine rings is 1. The first kappa shape index (κ1) is 15.3. The minimum atomic E-state index is 0.145. The van der Waals surface area contributed by atoms with Gasteiger partial charge in [0.2, 0.25) is 0 Å². The van der Waals surface area contributed by atoms with Crippen LogP contribution < -0.4 is 10.1 Å². The standard InChI is InChI=1S/C17H27NO2/c1-5-19-14-8-6-13(7-9-14)16-12-18-11-15(20-16)10-17(2,3)4/h6-9,15-16,18H,5,10-12H2,1-4H3. The molecule has 0 bridgehead atoms. The summed E-state index contributed by atoms with van der Waals surface area (Å²) in [5.74, 6) is 0.922. The summed E-state index contributed by atoms with van der Waals surface area (Å²) in [5, 5.41) is 3.49. The average molecular weight is 277 g/mol. The summed E-state index contributed by atoms with van der Waals surface area (Å²) in [6.07, 6.45) is 1.51. The first-order valence-corrected chi connectivity index (χ1v) is 7.57. The first-order chi connectivity index (χ1) is 9.48. The normalized spacial score (nSPS) is 23.6. The van der Waals surface area contributed by atoms with Gasteiger partial charge in [0.15, 0.2) is 0 Å². The maximum atomic E-state index is 6.25. The summed E-state index contributed by atoms with van der Waals surface area (Å²) in [6, 6.07) is 8.26. The van der Waals surface area contributed by atoms with Gasteiger partial charge < -0.3 is 14.8 Å². The van der Waals surface area contributed by atoms with Crippen molar-refractivity contribution in [1.29, 1.82) is 0 Å². The lowest BCUT2D eigenvalue weighted by atomic mass is 9.88. The van der Waals surface area contributed by atoms with Crippen LogP contribution in [-0.4, -0.2) is 25.8 Å². The largest absolute Gasteiger partial charge is 0.494 e. The van der Waals surface area contributed by atoms with Gasteiger partial charge in [-0.2, -0.15) is 0 Å². The van der Waals surface area contributed by atoms with Crippen molar-refractivity contribution in [2.75, 3.05) is 19.7 Å². The van der Waals surface area contributed by atoms with Crippen molar-refractivity contribution >= 4 is 0 Å². The number of benzene rings is 1. The smallest absolute Gasteiger partial charge is 0.119 e. The second kappa shape index (κ2) is 6.59. The highest BCUT2D eigenvalue weighted by molar-refractivity contribution is 5.29. The van der Waals surface area contributed by atoms with Crippen molar-refractivity contribution in [2.24, 2.45) is 5.41 Å². The van der Waals surface area contributed by atoms with E-state index in [0.29, 0.717) is 18.1 Å². The van der Waals surface area contributed by atoms with Gasteiger partial charge in [-0.05, 0) is 36.5 Å². The van der Waals surface area contributed by atoms with Crippen LogP contribution in [0.25, 0.3) is 0 Å². The van der Waals surface area contributed by atoms with Crippen LogP contribution in [0.15, 0.2) is 24.3 Å². The van der Waals surface area contributed by atoms with Gasteiger partial charge in [0.1, 0.15) is 5.75 Å². The van der Waals surface area contributed by atoms with Gasteiger partial charge in [-0.1, -0.05) is 32.9 Å². The van der Waals surface area contributed by atoms with Crippen LogP contribution in [0.1, 0.15) is 45.8 Å². The molecule has 0 spiro atoms. The van der Waals surface area contributed by atoms with Gasteiger partial charge in [-0.3, -0.25) is 0 Å². The van der Waals surface area contributed by atoms with Gasteiger partial charge in [0, 0.05) is 13.1 Å². The van der Waals surface area contributed by atoms with Crippen LogP contribution in [0.5, 0.6) is 5.75 Å². The molecular weight excluding hydrogens is 250 g/mol. The Morgan fingerprint density at radius 1 is 1.20 bits per heavy atom. The fourth-order valence-electron chi connectivity index (χ4n) is 2.65. The molecule has 0 aliphatic carbocycles. The van der Waals surface area contributed by atoms with E-state index >= 15 is 0 Å². The molecule has 0 radical (unpaired) electrons. The molecular formula is C17H27NO2. The van der Waals surface area contributed by atoms with E-state index in [-0.39, 0.29) is 6.10 Å². The zero-order valence-corrected chi connectivity index (χ0v) is 13.1. The predicted molar refractivity (Wildman–Crippen MR) is 82.2 cm³/mol. The summed E-state index contributed by atoms with van der Waals surface area (Å²) in [7, 11) is 0. The van der Waals surface area contributed by atoms with E-state index in [1.807, 2.05) is 19.1 Å². The molecule has 1 saturated heterocycles. The maximum absolute atomic E-state index is 6.25. The maximum Gasteiger partial charge on any atom is 0.119 e. The molecule has 20 heavy (non-hydrogen) atoms. The molecule has 1 heterocycles. The Hall–Kier alpha value is -1.06. The van der Waals surface area contributed by atoms with Crippen LogP contribution in [0.4, 0.5) is 0 Å². The molecule has 3 nitrogen and oxygen atoms in total. The summed E-state index contributed by atoms with van der Waals surface area (Å²) in [5.41, 5.74) is 1.52. The Morgan fingerprint density at radius 3 is 2.50 bits per heavy atom. The summed E-state index contributed by atoms with van der Waals surface area (Å²) >= 11 is 0. The second-order valence-electron chi connectivity index (χ2n) is 6.67. The van der Waals surface area contributed by atoms with Crippen molar-refractivity contribution in [3.8, 4) is 5.75 Å². The summed E-state index contributed by atoms with van der Waals surface area (Å²) < 4.78 is 11.7. The Bertz CT molecular complexity index is 408. The quantitative estimate of drug-likeness (QED) is 0.913. The van der Waals surface area contributed by atoms with Crippen LogP contribution in [0, 0.1) is 5.41 Å². The monoisotopic (exact) mass is 277 g/mol. The SMILES string of the molecule is CCOc1ccc(C2CNCC(CC(C)(C)C)O2)cc1. The minimum absolute atomic E-state index is 0.145. The van der Waals surface area contributed by atoms with Crippen LogP contribution in [0.2, 0.25) is 0 Å². The average Bonchev–Trinajstić information content (AvgIpc) is 2.38. The molecule has 1 aliphatic rings. The van der Waals surface area contributed by atoms with E-state index in [1.54, 1.807) is 0 Å². The van der Waals surface area contributed by atoms with Crippen LogP contribution in [0.3, 0.4) is 0 Å². The Balaban J connectivity index is 1.97.